The Morgan fingerprint density at radius 2 is 1.83 bits per heavy atom. The van der Waals surface area contributed by atoms with Gasteiger partial charge in [0.25, 0.3) is 0 Å². The third-order valence-electron chi connectivity index (χ3n) is 5.80. The van der Waals surface area contributed by atoms with E-state index in [9.17, 15) is 27.2 Å². The van der Waals surface area contributed by atoms with Gasteiger partial charge in [0, 0.05) is 43.9 Å². The summed E-state index contributed by atoms with van der Waals surface area (Å²) in [5.74, 6) is -3.39. The Bertz CT molecular complexity index is 1110. The van der Waals surface area contributed by atoms with Crippen molar-refractivity contribution in [3.05, 3.63) is 65.2 Å². The van der Waals surface area contributed by atoms with E-state index < -0.39 is 24.2 Å². The molecule has 194 valence electrons. The van der Waals surface area contributed by atoms with E-state index in [0.29, 0.717) is 18.5 Å². The van der Waals surface area contributed by atoms with Gasteiger partial charge < -0.3 is 21.1 Å². The van der Waals surface area contributed by atoms with E-state index >= 15 is 0 Å². The highest BCUT2D eigenvalue weighted by molar-refractivity contribution is 5.89. The van der Waals surface area contributed by atoms with Crippen LogP contribution in [-0.2, 0) is 33.8 Å². The number of carbonyl (C=O) groups excluding carboxylic acids is 2. The monoisotopic (exact) mass is 510 g/mol. The highest BCUT2D eigenvalue weighted by Crippen LogP contribution is 2.26. The average molecular weight is 510 g/mol. The van der Waals surface area contributed by atoms with Gasteiger partial charge in [0.1, 0.15) is 11.9 Å². The smallest absolute Gasteiger partial charge is 0.475 e. The second-order valence-electron chi connectivity index (χ2n) is 8.73. The molecule has 2 heterocycles. The molecule has 36 heavy (non-hydrogen) atoms. The number of nitrogens with one attached hydrogen (secondary N) is 1. The normalized spacial score (nSPS) is 17.8. The first-order valence-corrected chi connectivity index (χ1v) is 11.3. The summed E-state index contributed by atoms with van der Waals surface area (Å²) < 4.78 is 45.6. The number of carboxylic acid groups (broad SMARTS) is 1. The molecule has 4 N–H and O–H groups in total. The predicted molar refractivity (Wildman–Crippen MR) is 120 cm³/mol. The van der Waals surface area contributed by atoms with Gasteiger partial charge in [-0.3, -0.25) is 14.6 Å². The molecule has 2 amide bonds. The zero-order valence-corrected chi connectivity index (χ0v) is 19.2. The molecular weight excluding hydrogens is 484 g/mol. The molecule has 1 aromatic carbocycles. The number of hydrogen-bond donors (Lipinski definition) is 3. The first-order chi connectivity index (χ1) is 17.0. The van der Waals surface area contributed by atoms with Crippen molar-refractivity contribution in [2.45, 2.75) is 63.0 Å². The quantitative estimate of drug-likeness (QED) is 0.513. The van der Waals surface area contributed by atoms with Crippen LogP contribution in [0.25, 0.3) is 0 Å². The average Bonchev–Trinajstić information content (AvgIpc) is 3.63. The van der Waals surface area contributed by atoms with E-state index in [0.717, 1.165) is 24.0 Å². The van der Waals surface area contributed by atoms with Crippen molar-refractivity contribution in [2.24, 2.45) is 5.73 Å². The van der Waals surface area contributed by atoms with Crippen molar-refractivity contribution in [1.29, 1.82) is 0 Å². The van der Waals surface area contributed by atoms with Gasteiger partial charge in [0.05, 0.1) is 0 Å². The Hall–Kier alpha value is -3.54. The van der Waals surface area contributed by atoms with Crippen LogP contribution in [0, 0.1) is 5.82 Å². The summed E-state index contributed by atoms with van der Waals surface area (Å²) in [4.78, 5) is 40.5. The molecule has 2 unspecified atom stereocenters. The van der Waals surface area contributed by atoms with Gasteiger partial charge in [-0.1, -0.05) is 18.2 Å². The molecule has 2 aromatic rings. The lowest BCUT2D eigenvalue weighted by Gasteiger charge is -2.36. The van der Waals surface area contributed by atoms with Crippen LogP contribution in [0.5, 0.6) is 0 Å². The molecule has 0 radical (unpaired) electrons. The van der Waals surface area contributed by atoms with Gasteiger partial charge in [-0.15, -0.1) is 0 Å². The largest absolute Gasteiger partial charge is 0.490 e. The Balaban J connectivity index is 0.000000454. The van der Waals surface area contributed by atoms with Gasteiger partial charge >= 0.3 is 12.1 Å². The summed E-state index contributed by atoms with van der Waals surface area (Å²) in [6, 6.07) is 7.44. The van der Waals surface area contributed by atoms with Crippen LogP contribution in [0.1, 0.15) is 36.0 Å². The molecule has 12 heteroatoms. The maximum atomic E-state index is 13.9. The second kappa shape index (κ2) is 11.5. The number of aromatic nitrogens is 1. The fraction of sp³-hybridized carbons (Fsp3) is 0.417. The van der Waals surface area contributed by atoms with Crippen LogP contribution in [-0.4, -0.2) is 57.1 Å². The highest BCUT2D eigenvalue weighted by Gasteiger charge is 2.38. The molecule has 1 fully saturated rings. The number of hydrogen-bond acceptors (Lipinski definition) is 5. The molecular formula is C24H26F4N4O4. The number of rotatable bonds is 6. The van der Waals surface area contributed by atoms with E-state index in [1.54, 1.807) is 35.5 Å². The molecule has 1 saturated carbocycles. The minimum atomic E-state index is -5.08. The number of nitrogens with two attached hydrogens (primary N) is 1. The zero-order valence-electron chi connectivity index (χ0n) is 19.2. The number of benzene rings is 1. The third kappa shape index (κ3) is 7.48. The SMILES string of the molecule is NC(CC(=O)N1Cc2ccncc2CC1C(=O)NC1CC1)Cc1ccccc1F.O=C(O)C(F)(F)F. The molecule has 2 atom stereocenters. The fourth-order valence-electron chi connectivity index (χ4n) is 3.79. The maximum absolute atomic E-state index is 13.9. The van der Waals surface area contributed by atoms with Crippen molar-refractivity contribution >= 4 is 17.8 Å². The van der Waals surface area contributed by atoms with Crippen molar-refractivity contribution in [1.82, 2.24) is 15.2 Å². The highest BCUT2D eigenvalue weighted by atomic mass is 19.4. The van der Waals surface area contributed by atoms with E-state index in [4.69, 9.17) is 15.6 Å². The van der Waals surface area contributed by atoms with Crippen molar-refractivity contribution < 1.29 is 37.1 Å². The van der Waals surface area contributed by atoms with Crippen molar-refractivity contribution in [3.8, 4) is 0 Å². The summed E-state index contributed by atoms with van der Waals surface area (Å²) in [6.07, 6.45) is 1.11. The van der Waals surface area contributed by atoms with Crippen LogP contribution >= 0.6 is 0 Å². The molecule has 0 saturated heterocycles. The predicted octanol–water partition coefficient (Wildman–Crippen LogP) is 2.35. The number of carbonyl (C=O) groups is 3. The first-order valence-electron chi connectivity index (χ1n) is 11.3. The second-order valence-corrected chi connectivity index (χ2v) is 8.73. The molecule has 1 aliphatic heterocycles. The molecule has 0 bridgehead atoms. The number of aliphatic carboxylic acids is 1. The summed E-state index contributed by atoms with van der Waals surface area (Å²) in [5.41, 5.74) is 8.64. The number of halogens is 4. The Morgan fingerprint density at radius 3 is 2.44 bits per heavy atom. The van der Waals surface area contributed by atoms with Crippen molar-refractivity contribution in [3.63, 3.8) is 0 Å². The molecule has 8 nitrogen and oxygen atoms in total. The Kier molecular flexibility index (Phi) is 8.62. The molecule has 1 aromatic heterocycles. The third-order valence-corrected chi connectivity index (χ3v) is 5.80. The van der Waals surface area contributed by atoms with E-state index in [1.807, 2.05) is 6.07 Å². The number of alkyl halides is 3. The topological polar surface area (TPSA) is 126 Å². The van der Waals surface area contributed by atoms with E-state index in [2.05, 4.69) is 10.3 Å². The van der Waals surface area contributed by atoms with Gasteiger partial charge in [-0.25, -0.2) is 9.18 Å². The Morgan fingerprint density at radius 1 is 1.17 bits per heavy atom. The van der Waals surface area contributed by atoms with E-state index in [1.165, 1.54) is 6.07 Å². The molecule has 0 spiro atoms. The van der Waals surface area contributed by atoms with E-state index in [-0.39, 0.29) is 36.5 Å². The summed E-state index contributed by atoms with van der Waals surface area (Å²) in [7, 11) is 0. The van der Waals surface area contributed by atoms with Gasteiger partial charge in [-0.2, -0.15) is 13.2 Å². The van der Waals surface area contributed by atoms with Gasteiger partial charge in [0.2, 0.25) is 11.8 Å². The van der Waals surface area contributed by atoms with Crippen LogP contribution in [0.2, 0.25) is 0 Å². The number of pyridine rings is 1. The van der Waals surface area contributed by atoms with Gasteiger partial charge in [-0.05, 0) is 48.1 Å². The lowest BCUT2D eigenvalue weighted by molar-refractivity contribution is -0.192. The number of nitrogens with zero attached hydrogens (tertiary/aromatic N) is 2. The van der Waals surface area contributed by atoms with Crippen LogP contribution < -0.4 is 11.1 Å². The molecule has 2 aliphatic rings. The standard InChI is InChI=1S/C22H25FN4O2.C2HF3O2/c23-19-4-2-1-3-14(19)9-17(24)11-21(28)27-13-15-7-8-25-12-16(15)10-20(27)22(29)26-18-5-6-18;3-2(4,5)1(6)7/h1-4,7-8,12,17-18,20H,5-6,9-11,13,24H2,(H,26,29);(H,6,7). The number of fused-ring (bicyclic) bond motifs is 1. The molecule has 4 rings (SSSR count). The first kappa shape index (κ1) is 27.1. The van der Waals surface area contributed by atoms with Crippen LogP contribution in [0.15, 0.2) is 42.7 Å². The van der Waals surface area contributed by atoms with Crippen molar-refractivity contribution in [2.75, 3.05) is 0 Å². The fourth-order valence-corrected chi connectivity index (χ4v) is 3.79. The number of carboxylic acids is 1. The zero-order chi connectivity index (χ0) is 26.5. The lowest BCUT2D eigenvalue weighted by Crippen LogP contribution is -2.53. The Labute approximate surface area is 204 Å². The number of amides is 2. The molecule has 1 aliphatic carbocycles. The van der Waals surface area contributed by atoms with Crippen LogP contribution in [0.4, 0.5) is 17.6 Å². The summed E-state index contributed by atoms with van der Waals surface area (Å²) in [6.45, 7) is 0.353. The summed E-state index contributed by atoms with van der Waals surface area (Å²) in [5, 5.41) is 10.1. The van der Waals surface area contributed by atoms with Gasteiger partial charge in [0.15, 0.2) is 0 Å². The minimum Gasteiger partial charge on any atom is -0.475 e. The summed E-state index contributed by atoms with van der Waals surface area (Å²) >= 11 is 0. The lowest BCUT2D eigenvalue weighted by atomic mass is 9.94. The minimum absolute atomic E-state index is 0.0575. The van der Waals surface area contributed by atoms with Crippen LogP contribution in [0.3, 0.4) is 0 Å². The maximum Gasteiger partial charge on any atom is 0.490 e.